The Balaban J connectivity index is 4.33. The fourth-order valence-electron chi connectivity index (χ4n) is 4.54. The molecular formula is C38H71NO7P+. The third-order valence-corrected chi connectivity index (χ3v) is 8.39. The number of hydrogen-bond donors (Lipinski definition) is 1. The van der Waals surface area contributed by atoms with E-state index in [1.165, 1.54) is 38.5 Å². The van der Waals surface area contributed by atoms with Crippen LogP contribution in [0.2, 0.25) is 0 Å². The Labute approximate surface area is 288 Å². The molecule has 0 aromatic carbocycles. The van der Waals surface area contributed by atoms with Crippen LogP contribution in [0.4, 0.5) is 0 Å². The molecule has 0 radical (unpaired) electrons. The van der Waals surface area contributed by atoms with Gasteiger partial charge in [0.05, 0.1) is 34.4 Å². The van der Waals surface area contributed by atoms with Crippen molar-refractivity contribution < 1.29 is 37.3 Å². The van der Waals surface area contributed by atoms with Gasteiger partial charge in [0.1, 0.15) is 19.3 Å². The van der Waals surface area contributed by atoms with E-state index in [9.17, 15) is 14.3 Å². The van der Waals surface area contributed by atoms with Crippen LogP contribution in [0, 0.1) is 0 Å². The van der Waals surface area contributed by atoms with Gasteiger partial charge in [-0.3, -0.25) is 13.8 Å². The van der Waals surface area contributed by atoms with E-state index in [1.54, 1.807) is 0 Å². The largest absolute Gasteiger partial charge is 0.472 e. The molecule has 0 aromatic heterocycles. The Bertz CT molecular complexity index is 895. The normalized spacial score (nSPS) is 14.6. The Hall–Kier alpha value is -1.54. The van der Waals surface area contributed by atoms with Crippen molar-refractivity contribution in [2.24, 2.45) is 0 Å². The predicted octanol–water partition coefficient (Wildman–Crippen LogP) is 10.0. The van der Waals surface area contributed by atoms with Crippen molar-refractivity contribution in [2.45, 2.75) is 136 Å². The van der Waals surface area contributed by atoms with Gasteiger partial charge in [-0.2, -0.15) is 0 Å². The first-order valence-electron chi connectivity index (χ1n) is 18.4. The number of nitrogens with zero attached hydrogens (tertiary/aromatic N) is 1. The van der Waals surface area contributed by atoms with Gasteiger partial charge in [0, 0.05) is 13.0 Å². The molecule has 0 saturated carbocycles. The lowest BCUT2D eigenvalue weighted by Crippen LogP contribution is -2.37. The van der Waals surface area contributed by atoms with Crippen LogP contribution >= 0.6 is 7.82 Å². The van der Waals surface area contributed by atoms with Gasteiger partial charge in [-0.25, -0.2) is 4.57 Å². The van der Waals surface area contributed by atoms with Crippen molar-refractivity contribution in [2.75, 3.05) is 54.1 Å². The number of esters is 1. The zero-order valence-corrected chi connectivity index (χ0v) is 31.6. The molecule has 0 rings (SSSR count). The molecule has 9 heteroatoms. The van der Waals surface area contributed by atoms with Gasteiger partial charge in [-0.15, -0.1) is 0 Å². The van der Waals surface area contributed by atoms with Crippen LogP contribution in [0.15, 0.2) is 48.6 Å². The third kappa shape index (κ3) is 35.6. The Morgan fingerprint density at radius 2 is 1.23 bits per heavy atom. The van der Waals surface area contributed by atoms with Crippen LogP contribution in [0.25, 0.3) is 0 Å². The molecule has 0 heterocycles. The van der Waals surface area contributed by atoms with Gasteiger partial charge in [0.2, 0.25) is 0 Å². The van der Waals surface area contributed by atoms with Gasteiger partial charge in [0.15, 0.2) is 0 Å². The molecule has 2 unspecified atom stereocenters. The average Bonchev–Trinajstić information content (AvgIpc) is 3.01. The summed E-state index contributed by atoms with van der Waals surface area (Å²) in [5.41, 5.74) is 0. The molecule has 0 aromatic rings. The average molecular weight is 685 g/mol. The number of likely N-dealkylation sites (N-methyl/N-ethyl adjacent to an activating group) is 1. The molecule has 0 aliphatic carbocycles. The maximum Gasteiger partial charge on any atom is 0.472 e. The Morgan fingerprint density at radius 3 is 1.85 bits per heavy atom. The number of carbonyl (C=O) groups excluding carboxylic acids is 1. The summed E-state index contributed by atoms with van der Waals surface area (Å²) < 4.78 is 34.7. The topological polar surface area (TPSA) is 91.3 Å². The fourth-order valence-corrected chi connectivity index (χ4v) is 5.28. The molecule has 0 fully saturated rings. The number of ether oxygens (including phenoxy) is 2. The van der Waals surface area contributed by atoms with E-state index in [0.717, 1.165) is 70.6 Å². The highest BCUT2D eigenvalue weighted by molar-refractivity contribution is 7.47. The van der Waals surface area contributed by atoms with Crippen LogP contribution < -0.4 is 0 Å². The lowest BCUT2D eigenvalue weighted by molar-refractivity contribution is -0.870. The highest BCUT2D eigenvalue weighted by atomic mass is 31.2. The van der Waals surface area contributed by atoms with Crippen molar-refractivity contribution in [3.8, 4) is 0 Å². The Morgan fingerprint density at radius 1 is 0.681 bits per heavy atom. The molecule has 0 spiro atoms. The number of unbranched alkanes of at least 4 members (excludes halogenated alkanes) is 11. The second-order valence-electron chi connectivity index (χ2n) is 13.2. The van der Waals surface area contributed by atoms with Gasteiger partial charge < -0.3 is 18.9 Å². The number of hydrogen-bond acceptors (Lipinski definition) is 6. The number of allylic oxidation sites excluding steroid dienone is 8. The van der Waals surface area contributed by atoms with E-state index in [0.29, 0.717) is 24.1 Å². The minimum Gasteiger partial charge on any atom is -0.457 e. The van der Waals surface area contributed by atoms with Crippen LogP contribution in [-0.2, 0) is 27.9 Å². The zero-order chi connectivity index (χ0) is 34.9. The first-order valence-corrected chi connectivity index (χ1v) is 19.9. The maximum atomic E-state index is 12.6. The standard InChI is InChI=1S/C38H70NO7P/c1-6-8-10-12-14-16-17-18-19-20-21-22-23-24-25-27-29-31-38(40)46-37(35-43-33-30-28-26-15-13-11-9-7-2)36-45-47(41,42)44-34-32-39(3,4)5/h8,10,14,16,18-19,21-22,37H,6-7,9,11-13,15,17,20,23-36H2,1-5H3/p+1/b10-8-,16-14-,19-18-,22-21-. The van der Waals surface area contributed by atoms with Crippen LogP contribution in [0.3, 0.4) is 0 Å². The van der Waals surface area contributed by atoms with E-state index in [4.69, 9.17) is 18.5 Å². The van der Waals surface area contributed by atoms with Gasteiger partial charge in [0.25, 0.3) is 0 Å². The SMILES string of the molecule is CC/C=C\C/C=C\C/C=C\C/C=C\CCCCCCC(=O)OC(COCCCCCCCCCC)COP(=O)(O)OCC[N+](C)(C)C. The monoisotopic (exact) mass is 684 g/mol. The highest BCUT2D eigenvalue weighted by Gasteiger charge is 2.26. The summed E-state index contributed by atoms with van der Waals surface area (Å²) in [6.07, 6.45) is 35.7. The van der Waals surface area contributed by atoms with Crippen LogP contribution in [-0.4, -0.2) is 75.6 Å². The molecule has 274 valence electrons. The van der Waals surface area contributed by atoms with Gasteiger partial charge in [-0.05, 0) is 51.4 Å². The second kappa shape index (κ2) is 31.7. The molecule has 0 aliphatic rings. The van der Waals surface area contributed by atoms with Crippen molar-refractivity contribution in [3.63, 3.8) is 0 Å². The summed E-state index contributed by atoms with van der Waals surface area (Å²) >= 11 is 0. The minimum atomic E-state index is -4.27. The lowest BCUT2D eigenvalue weighted by Gasteiger charge is -2.24. The molecule has 2 atom stereocenters. The van der Waals surface area contributed by atoms with Crippen molar-refractivity contribution >= 4 is 13.8 Å². The van der Waals surface area contributed by atoms with E-state index in [-0.39, 0.29) is 25.8 Å². The lowest BCUT2D eigenvalue weighted by atomic mass is 10.1. The number of phosphoric acid groups is 1. The molecule has 0 amide bonds. The highest BCUT2D eigenvalue weighted by Crippen LogP contribution is 2.43. The van der Waals surface area contributed by atoms with Crippen molar-refractivity contribution in [3.05, 3.63) is 48.6 Å². The molecular weight excluding hydrogens is 613 g/mol. The smallest absolute Gasteiger partial charge is 0.457 e. The second-order valence-corrected chi connectivity index (χ2v) is 14.7. The Kier molecular flexibility index (Phi) is 30.7. The summed E-state index contributed by atoms with van der Waals surface area (Å²) in [4.78, 5) is 22.7. The van der Waals surface area contributed by atoms with Crippen LogP contribution in [0.5, 0.6) is 0 Å². The molecule has 0 bridgehead atoms. The van der Waals surface area contributed by atoms with Crippen molar-refractivity contribution in [1.82, 2.24) is 0 Å². The number of carbonyl (C=O) groups is 1. The maximum absolute atomic E-state index is 12.6. The number of quaternary nitrogens is 1. The number of rotatable bonds is 33. The van der Waals surface area contributed by atoms with E-state index >= 15 is 0 Å². The first kappa shape index (κ1) is 45.5. The summed E-state index contributed by atoms with van der Waals surface area (Å²) in [6.45, 7) is 5.43. The molecule has 1 N–H and O–H groups in total. The molecule has 0 aliphatic heterocycles. The molecule has 8 nitrogen and oxygen atoms in total. The molecule has 47 heavy (non-hydrogen) atoms. The quantitative estimate of drug-likeness (QED) is 0.0242. The van der Waals surface area contributed by atoms with Crippen LogP contribution in [0.1, 0.15) is 129 Å². The van der Waals surface area contributed by atoms with E-state index in [1.807, 2.05) is 21.1 Å². The number of phosphoric ester groups is 1. The van der Waals surface area contributed by atoms with Crippen molar-refractivity contribution in [1.29, 1.82) is 0 Å². The fraction of sp³-hybridized carbons (Fsp3) is 0.763. The summed E-state index contributed by atoms with van der Waals surface area (Å²) in [7, 11) is 1.64. The van der Waals surface area contributed by atoms with Gasteiger partial charge >= 0.3 is 13.8 Å². The summed E-state index contributed by atoms with van der Waals surface area (Å²) in [5, 5.41) is 0. The zero-order valence-electron chi connectivity index (χ0n) is 30.8. The summed E-state index contributed by atoms with van der Waals surface area (Å²) in [6, 6.07) is 0. The summed E-state index contributed by atoms with van der Waals surface area (Å²) in [5.74, 6) is -0.341. The third-order valence-electron chi connectivity index (χ3n) is 7.40. The van der Waals surface area contributed by atoms with E-state index < -0.39 is 13.9 Å². The minimum absolute atomic E-state index is 0.0823. The molecule has 0 saturated heterocycles. The first-order chi connectivity index (χ1) is 22.6. The predicted molar refractivity (Wildman–Crippen MR) is 196 cm³/mol. The van der Waals surface area contributed by atoms with Gasteiger partial charge in [-0.1, -0.05) is 120 Å². The van der Waals surface area contributed by atoms with E-state index in [2.05, 4.69) is 62.5 Å².